The molecule has 140 valence electrons. The van der Waals surface area contributed by atoms with Gasteiger partial charge in [-0.05, 0) is 39.3 Å². The van der Waals surface area contributed by atoms with Crippen LogP contribution in [0.25, 0.3) is 0 Å². The number of carbonyl (C=O) groups excluding carboxylic acids is 2. The van der Waals surface area contributed by atoms with E-state index in [1.165, 1.54) is 0 Å². The Morgan fingerprint density at radius 1 is 1.25 bits per heavy atom. The fraction of sp³-hybridized carbons (Fsp3) is 0.882. The van der Waals surface area contributed by atoms with Gasteiger partial charge in [0.2, 0.25) is 0 Å². The maximum Gasteiger partial charge on any atom is 0.408 e. The predicted octanol–water partition coefficient (Wildman–Crippen LogP) is 3.08. The second-order valence-corrected chi connectivity index (χ2v) is 10.0. The maximum atomic E-state index is 12.3. The highest BCUT2D eigenvalue weighted by atomic mass is 31.2. The van der Waals surface area contributed by atoms with Crippen molar-refractivity contribution in [3.8, 4) is 0 Å². The summed E-state index contributed by atoms with van der Waals surface area (Å²) in [5.74, 6) is -0.286. The van der Waals surface area contributed by atoms with E-state index in [9.17, 15) is 19.0 Å². The van der Waals surface area contributed by atoms with Crippen LogP contribution in [0, 0.1) is 5.92 Å². The van der Waals surface area contributed by atoms with Crippen LogP contribution in [0.4, 0.5) is 4.79 Å². The topological polar surface area (TPSA) is 95.5 Å². The van der Waals surface area contributed by atoms with E-state index < -0.39 is 37.1 Å². The van der Waals surface area contributed by atoms with Crippen molar-refractivity contribution in [2.75, 3.05) is 12.3 Å². The van der Waals surface area contributed by atoms with Crippen molar-refractivity contribution in [1.82, 2.24) is 5.32 Å². The molecule has 1 aliphatic carbocycles. The summed E-state index contributed by atoms with van der Waals surface area (Å²) >= 11 is 0. The van der Waals surface area contributed by atoms with Gasteiger partial charge in [-0.3, -0.25) is 4.79 Å². The monoisotopic (exact) mass is 360 g/mol. The van der Waals surface area contributed by atoms with Gasteiger partial charge in [-0.2, -0.15) is 0 Å². The van der Waals surface area contributed by atoms with Crippen LogP contribution >= 0.6 is 7.37 Å². The van der Waals surface area contributed by atoms with Crippen molar-refractivity contribution in [1.29, 1.82) is 0 Å². The van der Waals surface area contributed by atoms with Crippen molar-refractivity contribution in [2.24, 2.45) is 5.92 Å². The Bertz CT molecular complexity index is 480. The SMILES string of the molecule is CCC(NC(=O)OC(C)(C)C)C(=O)CP(=O)([O-])CC1CCCCC1. The van der Waals surface area contributed by atoms with Crippen molar-refractivity contribution in [3.63, 3.8) is 0 Å². The summed E-state index contributed by atoms with van der Waals surface area (Å²) in [4.78, 5) is 36.4. The molecule has 0 bridgehead atoms. The Hall–Kier alpha value is -0.870. The molecule has 0 aromatic rings. The second-order valence-electron chi connectivity index (χ2n) is 7.73. The molecule has 0 spiro atoms. The summed E-state index contributed by atoms with van der Waals surface area (Å²) in [7, 11) is -3.76. The zero-order chi connectivity index (χ0) is 18.4. The number of hydrogen-bond donors (Lipinski definition) is 1. The number of Topliss-reactive ketones (excluding diaryl/α,β-unsaturated/α-hetero) is 1. The summed E-state index contributed by atoms with van der Waals surface area (Å²) in [5.41, 5.74) is -0.666. The average molecular weight is 360 g/mol. The van der Waals surface area contributed by atoms with E-state index in [1.54, 1.807) is 27.7 Å². The molecule has 24 heavy (non-hydrogen) atoms. The van der Waals surface area contributed by atoms with Gasteiger partial charge in [-0.25, -0.2) is 4.79 Å². The Morgan fingerprint density at radius 3 is 2.33 bits per heavy atom. The molecule has 1 N–H and O–H groups in total. The lowest BCUT2D eigenvalue weighted by Gasteiger charge is -2.31. The molecule has 0 saturated heterocycles. The van der Waals surface area contributed by atoms with Crippen molar-refractivity contribution in [2.45, 2.75) is 77.9 Å². The van der Waals surface area contributed by atoms with E-state index in [-0.39, 0.29) is 12.1 Å². The number of nitrogens with one attached hydrogen (secondary N) is 1. The Balaban J connectivity index is 2.55. The average Bonchev–Trinajstić information content (AvgIpc) is 2.42. The van der Waals surface area contributed by atoms with E-state index in [2.05, 4.69) is 5.32 Å². The summed E-state index contributed by atoms with van der Waals surface area (Å²) in [6.07, 6.45) is 4.39. The molecule has 1 amide bonds. The number of rotatable bonds is 7. The van der Waals surface area contributed by atoms with Crippen LogP contribution < -0.4 is 10.2 Å². The minimum atomic E-state index is -3.76. The Labute approximate surface area is 145 Å². The highest BCUT2D eigenvalue weighted by Gasteiger charge is 2.27. The molecule has 1 saturated carbocycles. The van der Waals surface area contributed by atoms with E-state index >= 15 is 0 Å². The van der Waals surface area contributed by atoms with Gasteiger partial charge < -0.3 is 19.5 Å². The van der Waals surface area contributed by atoms with Crippen LogP contribution in [0.2, 0.25) is 0 Å². The molecular weight excluding hydrogens is 329 g/mol. The summed E-state index contributed by atoms with van der Waals surface area (Å²) < 4.78 is 17.4. The number of carbonyl (C=O) groups is 2. The fourth-order valence-electron chi connectivity index (χ4n) is 3.04. The van der Waals surface area contributed by atoms with Gasteiger partial charge >= 0.3 is 6.09 Å². The van der Waals surface area contributed by atoms with Gasteiger partial charge in [0.25, 0.3) is 0 Å². The minimum absolute atomic E-state index is 0.0988. The number of amides is 1. The molecule has 1 rings (SSSR count). The van der Waals surface area contributed by atoms with Crippen molar-refractivity contribution < 1.29 is 23.8 Å². The molecule has 0 aliphatic heterocycles. The van der Waals surface area contributed by atoms with Gasteiger partial charge in [0.05, 0.1) is 6.04 Å². The molecule has 0 aromatic carbocycles. The number of alkyl carbamates (subject to hydrolysis) is 1. The first kappa shape index (κ1) is 21.2. The zero-order valence-corrected chi connectivity index (χ0v) is 16.2. The number of ketones is 1. The normalized spacial score (nSPS) is 20.0. The van der Waals surface area contributed by atoms with Crippen LogP contribution in [-0.2, 0) is 14.1 Å². The lowest BCUT2D eigenvalue weighted by atomic mass is 9.91. The summed E-state index contributed by atoms with van der Waals surface area (Å²) in [5, 5.41) is 2.48. The maximum absolute atomic E-state index is 12.3. The molecule has 1 fully saturated rings. The van der Waals surface area contributed by atoms with E-state index in [1.807, 2.05) is 0 Å². The predicted molar refractivity (Wildman–Crippen MR) is 92.4 cm³/mol. The Kier molecular flexibility index (Phi) is 7.94. The van der Waals surface area contributed by atoms with Crippen LogP contribution in [0.5, 0.6) is 0 Å². The highest BCUT2D eigenvalue weighted by Crippen LogP contribution is 2.41. The van der Waals surface area contributed by atoms with Crippen molar-refractivity contribution in [3.05, 3.63) is 0 Å². The third-order valence-corrected chi connectivity index (χ3v) is 6.01. The van der Waals surface area contributed by atoms with Gasteiger partial charge in [0.15, 0.2) is 5.78 Å². The van der Waals surface area contributed by atoms with Crippen LogP contribution in [0.15, 0.2) is 0 Å². The lowest BCUT2D eigenvalue weighted by Crippen LogP contribution is -2.44. The molecule has 0 radical (unpaired) electrons. The van der Waals surface area contributed by atoms with E-state index in [0.29, 0.717) is 6.42 Å². The third kappa shape index (κ3) is 8.29. The van der Waals surface area contributed by atoms with Crippen LogP contribution in [-0.4, -0.2) is 35.8 Å². The first-order valence-corrected chi connectivity index (χ1v) is 10.8. The van der Waals surface area contributed by atoms with Crippen LogP contribution in [0.3, 0.4) is 0 Å². The lowest BCUT2D eigenvalue weighted by molar-refractivity contribution is -0.176. The third-order valence-electron chi connectivity index (χ3n) is 4.15. The zero-order valence-electron chi connectivity index (χ0n) is 15.3. The summed E-state index contributed by atoms with van der Waals surface area (Å²) in [6, 6.07) is -0.825. The molecule has 6 nitrogen and oxygen atoms in total. The highest BCUT2D eigenvalue weighted by molar-refractivity contribution is 7.57. The molecule has 2 unspecified atom stereocenters. The molecule has 0 heterocycles. The van der Waals surface area contributed by atoms with Gasteiger partial charge in [0.1, 0.15) is 5.60 Å². The molecule has 7 heteroatoms. The molecular formula is C17H31NO5P-. The number of hydrogen-bond acceptors (Lipinski definition) is 5. The first-order valence-electron chi connectivity index (χ1n) is 8.84. The van der Waals surface area contributed by atoms with Gasteiger partial charge in [0, 0.05) is 13.5 Å². The van der Waals surface area contributed by atoms with E-state index in [4.69, 9.17) is 4.74 Å². The van der Waals surface area contributed by atoms with Crippen molar-refractivity contribution >= 4 is 19.2 Å². The quantitative estimate of drug-likeness (QED) is 0.704. The van der Waals surface area contributed by atoms with Gasteiger partial charge in [-0.15, -0.1) is 0 Å². The standard InChI is InChI=1S/C17H32NO5P/c1-5-14(18-16(20)23-17(2,3)4)15(19)12-24(21,22)11-13-9-7-6-8-10-13/h13-14H,5-12H2,1-4H3,(H,18,20)(H,21,22)/p-1. The smallest absolute Gasteiger partial charge is 0.408 e. The fourth-order valence-corrected chi connectivity index (χ4v) is 5.01. The minimum Gasteiger partial charge on any atom is -0.799 e. The summed E-state index contributed by atoms with van der Waals surface area (Å²) in [6.45, 7) is 6.92. The first-order chi connectivity index (χ1) is 11.0. The second kappa shape index (κ2) is 9.00. The van der Waals surface area contributed by atoms with E-state index in [0.717, 1.165) is 32.1 Å². The number of ether oxygens (including phenoxy) is 1. The Morgan fingerprint density at radius 2 is 1.83 bits per heavy atom. The molecule has 1 aliphatic rings. The van der Waals surface area contributed by atoms with Gasteiger partial charge in [-0.1, -0.05) is 39.0 Å². The molecule has 0 aromatic heterocycles. The molecule has 2 atom stereocenters. The van der Waals surface area contributed by atoms with Crippen LogP contribution in [0.1, 0.15) is 66.2 Å². The largest absolute Gasteiger partial charge is 0.799 e.